The third-order valence-corrected chi connectivity index (χ3v) is 6.51. The Morgan fingerprint density at radius 2 is 1.96 bits per heavy atom. The van der Waals surface area contributed by atoms with E-state index < -0.39 is 5.72 Å². The molecule has 0 aromatic heterocycles. The van der Waals surface area contributed by atoms with Gasteiger partial charge in [-0.3, -0.25) is 0 Å². The maximum absolute atomic E-state index is 11.8. The molecule has 0 saturated heterocycles. The summed E-state index contributed by atoms with van der Waals surface area (Å²) < 4.78 is 7.77. The smallest absolute Gasteiger partial charge is 0.316 e. The number of benzene rings is 2. The molecule has 1 atom stereocenters. The topological polar surface area (TPSA) is 35.7 Å². The molecule has 5 heteroatoms. The van der Waals surface area contributed by atoms with Crippen molar-refractivity contribution < 1.29 is 14.4 Å². The van der Waals surface area contributed by atoms with E-state index in [1.807, 2.05) is 30.8 Å². The van der Waals surface area contributed by atoms with Gasteiger partial charge in [-0.25, -0.2) is 9.48 Å². The number of hydrogen-bond acceptors (Lipinski definition) is 4. The van der Waals surface area contributed by atoms with Crippen LogP contribution in [-0.4, -0.2) is 40.3 Å². The number of rotatable bonds is 4. The van der Waals surface area contributed by atoms with Gasteiger partial charge in [-0.1, -0.05) is 23.8 Å². The quantitative estimate of drug-likeness (QED) is 0.813. The monoisotopic (exact) mass is 383 g/mol. The van der Waals surface area contributed by atoms with Crippen molar-refractivity contribution in [2.24, 2.45) is 0 Å². The second-order valence-electron chi connectivity index (χ2n) is 7.28. The number of anilines is 1. The van der Waals surface area contributed by atoms with Crippen molar-refractivity contribution in [3.63, 3.8) is 0 Å². The Labute approximate surface area is 165 Å². The molecule has 0 spiro atoms. The van der Waals surface area contributed by atoms with Gasteiger partial charge in [-0.15, -0.1) is 0 Å². The Balaban J connectivity index is 1.74. The lowest BCUT2D eigenvalue weighted by molar-refractivity contribution is -0.656. The predicted octanol–water partition coefficient (Wildman–Crippen LogP) is 3.87. The summed E-state index contributed by atoms with van der Waals surface area (Å²) in [7, 11) is 0. The molecular weight excluding hydrogens is 356 g/mol. The third-order valence-electron chi connectivity index (χ3n) is 5.32. The molecule has 2 aromatic carbocycles. The van der Waals surface area contributed by atoms with Gasteiger partial charge in [-0.2, -0.15) is 0 Å². The maximum Gasteiger partial charge on any atom is 0.316 e. The van der Waals surface area contributed by atoms with Gasteiger partial charge in [0.05, 0.1) is 13.2 Å². The predicted molar refractivity (Wildman–Crippen MR) is 112 cm³/mol. The average molecular weight is 384 g/mol. The highest BCUT2D eigenvalue weighted by Crippen LogP contribution is 2.39. The molecule has 0 unspecified atom stereocenters. The van der Waals surface area contributed by atoms with Gasteiger partial charge in [0.25, 0.3) is 5.72 Å². The second kappa shape index (κ2) is 7.21. The van der Waals surface area contributed by atoms with Crippen LogP contribution in [0.15, 0.2) is 42.5 Å². The minimum absolute atomic E-state index is 0.535. The van der Waals surface area contributed by atoms with Crippen LogP contribution < -0.4 is 9.64 Å². The van der Waals surface area contributed by atoms with Crippen molar-refractivity contribution in [2.75, 3.05) is 30.3 Å². The van der Waals surface area contributed by atoms with Crippen LogP contribution in [0, 0.1) is 13.8 Å². The fourth-order valence-electron chi connectivity index (χ4n) is 4.08. The zero-order chi connectivity index (χ0) is 19.0. The molecule has 0 bridgehead atoms. The maximum atomic E-state index is 11.8. The second-order valence-corrected chi connectivity index (χ2v) is 8.35. The summed E-state index contributed by atoms with van der Waals surface area (Å²) in [4.78, 5) is 2.25. The number of nitrogens with zero attached hydrogens (tertiary/aromatic N) is 2. The summed E-state index contributed by atoms with van der Waals surface area (Å²) in [6.45, 7) is 8.25. The van der Waals surface area contributed by atoms with Crippen LogP contribution in [0.25, 0.3) is 0 Å². The van der Waals surface area contributed by atoms with E-state index in [0.717, 1.165) is 46.4 Å². The van der Waals surface area contributed by atoms with Gasteiger partial charge in [-0.05, 0) is 68.8 Å². The highest BCUT2D eigenvalue weighted by molar-refractivity contribution is 8.13. The van der Waals surface area contributed by atoms with E-state index >= 15 is 0 Å². The van der Waals surface area contributed by atoms with Crippen molar-refractivity contribution in [3.8, 4) is 5.75 Å². The molecule has 2 aromatic rings. The van der Waals surface area contributed by atoms with E-state index in [-0.39, 0.29) is 0 Å². The summed E-state index contributed by atoms with van der Waals surface area (Å²) in [5, 5.41) is 13.0. The molecule has 2 heterocycles. The standard InChI is InChI=1S/C22H27N2O2S/c1-4-26-19-9-7-18(8-10-19)23-15-22(25,24-12-5-13-27-21(23)24)20-11-6-16(2)14-17(20)3/h6-11,14,25H,4-5,12-13,15H2,1-3H3/q+1/t22-/m0/s1. The number of β-amino-alcohol motifs (C(OH)–C–C–N with tert-alkyl or cyclic N) is 1. The highest BCUT2D eigenvalue weighted by Gasteiger charge is 2.53. The first-order chi connectivity index (χ1) is 13.0. The van der Waals surface area contributed by atoms with Crippen LogP contribution >= 0.6 is 11.8 Å². The lowest BCUT2D eigenvalue weighted by atomic mass is 9.95. The van der Waals surface area contributed by atoms with Gasteiger partial charge in [0.1, 0.15) is 11.4 Å². The minimum atomic E-state index is -1.00. The van der Waals surface area contributed by atoms with Gasteiger partial charge in [0, 0.05) is 11.3 Å². The van der Waals surface area contributed by atoms with Crippen LogP contribution in [0.4, 0.5) is 5.69 Å². The molecule has 142 valence electrons. The van der Waals surface area contributed by atoms with Crippen LogP contribution in [0.5, 0.6) is 5.75 Å². The Hall–Kier alpha value is -1.98. The molecule has 4 nitrogen and oxygen atoms in total. The van der Waals surface area contributed by atoms with Crippen molar-refractivity contribution >= 4 is 22.6 Å². The normalized spacial score (nSPS) is 22.1. The summed E-state index contributed by atoms with van der Waals surface area (Å²) >= 11 is 1.83. The summed E-state index contributed by atoms with van der Waals surface area (Å²) in [5.41, 5.74) is 3.45. The summed E-state index contributed by atoms with van der Waals surface area (Å²) in [5.74, 6) is 1.96. The zero-order valence-corrected chi connectivity index (χ0v) is 17.1. The first-order valence-corrected chi connectivity index (χ1v) is 10.6. The first-order valence-electron chi connectivity index (χ1n) is 9.61. The third kappa shape index (κ3) is 3.23. The van der Waals surface area contributed by atoms with Gasteiger partial charge >= 0.3 is 5.17 Å². The number of thioether (sulfide) groups is 1. The number of ether oxygens (including phenoxy) is 1. The largest absolute Gasteiger partial charge is 0.494 e. The van der Waals surface area contributed by atoms with Crippen LogP contribution in [0.2, 0.25) is 0 Å². The van der Waals surface area contributed by atoms with E-state index in [0.29, 0.717) is 13.2 Å². The van der Waals surface area contributed by atoms with Gasteiger partial charge in [0.15, 0.2) is 6.54 Å². The first kappa shape index (κ1) is 18.4. The number of aryl methyl sites for hydroxylation is 2. The Morgan fingerprint density at radius 1 is 1.19 bits per heavy atom. The molecule has 1 N–H and O–H groups in total. The number of hydrogen-bond donors (Lipinski definition) is 1. The highest BCUT2D eigenvalue weighted by atomic mass is 32.2. The Bertz CT molecular complexity index is 878. The Morgan fingerprint density at radius 3 is 2.67 bits per heavy atom. The van der Waals surface area contributed by atoms with E-state index in [1.165, 1.54) is 5.56 Å². The fourth-order valence-corrected chi connectivity index (χ4v) is 5.26. The molecular formula is C22H27N2O2S+. The van der Waals surface area contributed by atoms with E-state index in [9.17, 15) is 5.11 Å². The molecule has 0 saturated carbocycles. The molecule has 0 aliphatic carbocycles. The summed E-state index contributed by atoms with van der Waals surface area (Å²) in [6.07, 6.45) is 1.08. The van der Waals surface area contributed by atoms with E-state index in [1.54, 1.807) is 0 Å². The van der Waals surface area contributed by atoms with Gasteiger partial charge in [0.2, 0.25) is 0 Å². The zero-order valence-electron chi connectivity index (χ0n) is 16.2. The van der Waals surface area contributed by atoms with Gasteiger partial charge < -0.3 is 9.84 Å². The van der Waals surface area contributed by atoms with Crippen LogP contribution in [0.1, 0.15) is 30.0 Å². The van der Waals surface area contributed by atoms with Crippen LogP contribution in [-0.2, 0) is 5.72 Å². The molecule has 2 aliphatic rings. The fraction of sp³-hybridized carbons (Fsp3) is 0.409. The molecule has 0 radical (unpaired) electrons. The Kier molecular flexibility index (Phi) is 4.91. The average Bonchev–Trinajstić information content (AvgIpc) is 2.97. The number of aliphatic hydroxyl groups is 1. The van der Waals surface area contributed by atoms with Crippen molar-refractivity contribution in [1.82, 2.24) is 0 Å². The number of amidine groups is 1. The SMILES string of the molecule is CCOc1ccc(N2C[C@](O)(c3ccc(C)cc3C)[N+]3=C2SCCC3)cc1. The molecule has 0 fully saturated rings. The molecule has 27 heavy (non-hydrogen) atoms. The van der Waals surface area contributed by atoms with E-state index in [2.05, 4.69) is 53.7 Å². The minimum Gasteiger partial charge on any atom is -0.494 e. The molecule has 0 amide bonds. The lowest BCUT2D eigenvalue weighted by Gasteiger charge is -2.26. The van der Waals surface area contributed by atoms with Crippen molar-refractivity contribution in [3.05, 3.63) is 59.2 Å². The van der Waals surface area contributed by atoms with Crippen molar-refractivity contribution in [1.29, 1.82) is 0 Å². The summed E-state index contributed by atoms with van der Waals surface area (Å²) in [6, 6.07) is 14.5. The van der Waals surface area contributed by atoms with Crippen LogP contribution in [0.3, 0.4) is 0 Å². The molecule has 4 rings (SSSR count). The molecule has 2 aliphatic heterocycles. The van der Waals surface area contributed by atoms with Crippen molar-refractivity contribution in [2.45, 2.75) is 32.9 Å². The lowest BCUT2D eigenvalue weighted by Crippen LogP contribution is -2.42. The van der Waals surface area contributed by atoms with E-state index in [4.69, 9.17) is 4.74 Å².